The molecule has 0 spiro atoms. The standard InChI is InChI=1S/C20H21Cl3N6O4S/c1-2-29(8-10-33-11-9-29)27-34(31,32)19-14(22)6-7-15(18(19)30)26-20(25)28(12-24)16-5-3-4-13(21)17(16)23/h3-7,27H,2,8-11H2,1H3,(H2-,25,26,30)/p+1. The van der Waals surface area contributed by atoms with E-state index in [1.807, 2.05) is 13.1 Å². The first kappa shape index (κ1) is 26.3. The number of benzene rings is 2. The molecule has 0 atom stereocenters. The fraction of sp³-hybridized carbons (Fsp3) is 0.300. The maximum Gasteiger partial charge on any atom is 0.287 e. The maximum absolute atomic E-state index is 13.3. The van der Waals surface area contributed by atoms with Crippen LogP contribution in [0.15, 0.2) is 40.2 Å². The minimum absolute atomic E-state index is 0.0310. The van der Waals surface area contributed by atoms with Crippen molar-refractivity contribution in [2.45, 2.75) is 11.8 Å². The Morgan fingerprint density at radius 3 is 2.56 bits per heavy atom. The van der Waals surface area contributed by atoms with Crippen molar-refractivity contribution in [1.82, 2.24) is 4.83 Å². The van der Waals surface area contributed by atoms with Crippen LogP contribution >= 0.6 is 34.8 Å². The van der Waals surface area contributed by atoms with Crippen LogP contribution in [0.4, 0.5) is 11.4 Å². The van der Waals surface area contributed by atoms with Gasteiger partial charge in [-0.05, 0) is 31.2 Å². The number of nitrogens with one attached hydrogen (secondary N) is 1. The maximum atomic E-state index is 13.3. The highest BCUT2D eigenvalue weighted by molar-refractivity contribution is 7.89. The van der Waals surface area contributed by atoms with E-state index in [4.69, 9.17) is 45.3 Å². The lowest BCUT2D eigenvalue weighted by atomic mass is 10.3. The minimum Gasteiger partial charge on any atom is -0.504 e. The summed E-state index contributed by atoms with van der Waals surface area (Å²) in [4.78, 5) is 7.01. The Kier molecular flexibility index (Phi) is 8.15. The SMILES string of the molecule is CC[N+]1(NS(=O)(=O)c2c(Cl)ccc(N=C(N)N(C#N)c3cccc(Cl)c3Cl)c2O)CCOCC1. The number of hydrogen-bond acceptors (Lipinski definition) is 6. The average molecular weight is 549 g/mol. The first-order valence-electron chi connectivity index (χ1n) is 10.0. The molecule has 1 saturated heterocycles. The number of likely N-dealkylation sites (N-methyl/N-ethyl adjacent to an activating group) is 1. The number of nitrogens with zero attached hydrogens (tertiary/aromatic N) is 4. The van der Waals surface area contributed by atoms with E-state index in [1.54, 1.807) is 6.07 Å². The van der Waals surface area contributed by atoms with Crippen LogP contribution in [0.1, 0.15) is 6.92 Å². The number of guanidine groups is 1. The molecule has 0 aromatic heterocycles. The predicted molar refractivity (Wildman–Crippen MR) is 131 cm³/mol. The first-order chi connectivity index (χ1) is 16.0. The number of morpholine rings is 1. The van der Waals surface area contributed by atoms with Crippen molar-refractivity contribution in [3.8, 4) is 11.9 Å². The third-order valence-corrected chi connectivity index (χ3v) is 8.13. The Bertz CT molecular complexity index is 1260. The second kappa shape index (κ2) is 10.5. The van der Waals surface area contributed by atoms with E-state index in [1.165, 1.54) is 24.3 Å². The van der Waals surface area contributed by atoms with E-state index >= 15 is 0 Å². The highest BCUT2D eigenvalue weighted by Gasteiger charge is 2.37. The molecule has 0 aliphatic carbocycles. The highest BCUT2D eigenvalue weighted by Crippen LogP contribution is 2.39. The van der Waals surface area contributed by atoms with Crippen molar-refractivity contribution in [3.05, 3.63) is 45.4 Å². The molecule has 0 unspecified atom stereocenters. The summed E-state index contributed by atoms with van der Waals surface area (Å²) < 4.78 is 31.9. The van der Waals surface area contributed by atoms with Gasteiger partial charge in [-0.3, -0.25) is 0 Å². The van der Waals surface area contributed by atoms with Gasteiger partial charge in [0.05, 0.1) is 40.5 Å². The Hall–Kier alpha value is -2.30. The van der Waals surface area contributed by atoms with Gasteiger partial charge in [0.25, 0.3) is 10.0 Å². The summed E-state index contributed by atoms with van der Waals surface area (Å²) in [7, 11) is -4.28. The summed E-state index contributed by atoms with van der Waals surface area (Å²) >= 11 is 18.3. The molecule has 2 aromatic rings. The van der Waals surface area contributed by atoms with E-state index < -0.39 is 20.7 Å². The molecular formula is C20H22Cl3N6O4S+. The normalized spacial score (nSPS) is 16.1. The first-order valence-corrected chi connectivity index (χ1v) is 12.6. The van der Waals surface area contributed by atoms with Gasteiger partial charge in [0, 0.05) is 0 Å². The molecule has 1 fully saturated rings. The molecule has 1 aliphatic rings. The molecule has 0 bridgehead atoms. The summed E-state index contributed by atoms with van der Waals surface area (Å²) in [5.41, 5.74) is 5.93. The van der Waals surface area contributed by atoms with Gasteiger partial charge in [-0.25, -0.2) is 22.9 Å². The summed E-state index contributed by atoms with van der Waals surface area (Å²) in [6, 6.07) is 7.14. The van der Waals surface area contributed by atoms with Crippen LogP contribution in [0.3, 0.4) is 0 Å². The number of anilines is 1. The Morgan fingerprint density at radius 1 is 1.26 bits per heavy atom. The van der Waals surface area contributed by atoms with Gasteiger partial charge >= 0.3 is 0 Å². The minimum atomic E-state index is -4.28. The number of nitriles is 1. The van der Waals surface area contributed by atoms with Crippen LogP contribution < -0.4 is 15.5 Å². The van der Waals surface area contributed by atoms with Crippen molar-refractivity contribution in [3.63, 3.8) is 0 Å². The summed E-state index contributed by atoms with van der Waals surface area (Å²) in [6.07, 6.45) is 1.83. The number of nitrogens with two attached hydrogens (primary N) is 1. The largest absolute Gasteiger partial charge is 0.504 e. The van der Waals surface area contributed by atoms with Gasteiger partial charge in [-0.2, -0.15) is 5.26 Å². The number of sulfonamides is 1. The van der Waals surface area contributed by atoms with Crippen LogP contribution in [0.2, 0.25) is 15.1 Å². The third kappa shape index (κ3) is 5.34. The number of halogens is 3. The van der Waals surface area contributed by atoms with Crippen LogP contribution in [0, 0.1) is 11.5 Å². The molecule has 1 heterocycles. The van der Waals surface area contributed by atoms with Crippen molar-refractivity contribution in [1.29, 1.82) is 5.26 Å². The van der Waals surface area contributed by atoms with Crippen molar-refractivity contribution < 1.29 is 22.9 Å². The number of rotatable bonds is 6. The Labute approximate surface area is 212 Å². The predicted octanol–water partition coefficient (Wildman–Crippen LogP) is 3.35. The van der Waals surface area contributed by atoms with Crippen LogP contribution in [0.5, 0.6) is 5.75 Å². The van der Waals surface area contributed by atoms with E-state index in [0.29, 0.717) is 32.8 Å². The number of quaternary nitrogens is 1. The summed E-state index contributed by atoms with van der Waals surface area (Å²) in [5, 5.41) is 20.5. The van der Waals surface area contributed by atoms with Gasteiger partial charge in [0.1, 0.15) is 23.7 Å². The molecule has 0 amide bonds. The van der Waals surface area contributed by atoms with Gasteiger partial charge in [0.2, 0.25) is 5.96 Å². The third-order valence-electron chi connectivity index (χ3n) is 5.31. The van der Waals surface area contributed by atoms with Crippen LogP contribution in [0.25, 0.3) is 0 Å². The molecule has 10 nitrogen and oxygen atoms in total. The smallest absolute Gasteiger partial charge is 0.287 e. The fourth-order valence-corrected chi connectivity index (χ4v) is 5.85. The fourth-order valence-electron chi connectivity index (χ4n) is 3.41. The molecule has 182 valence electrons. The second-order valence-electron chi connectivity index (χ2n) is 7.34. The lowest BCUT2D eigenvalue weighted by Gasteiger charge is -2.38. The molecule has 0 radical (unpaired) electrons. The van der Waals surface area contributed by atoms with Crippen LogP contribution in [-0.2, 0) is 14.8 Å². The number of aliphatic imine (C=N–C) groups is 1. The molecule has 2 aromatic carbocycles. The van der Waals surface area contributed by atoms with E-state index in [-0.39, 0.29) is 37.0 Å². The Balaban J connectivity index is 2.03. The summed E-state index contributed by atoms with van der Waals surface area (Å²) in [5.74, 6) is -1.11. The number of hydrogen-bond donors (Lipinski definition) is 3. The number of phenols is 1. The Morgan fingerprint density at radius 2 is 1.94 bits per heavy atom. The van der Waals surface area contributed by atoms with Crippen molar-refractivity contribution >= 4 is 62.2 Å². The molecular weight excluding hydrogens is 527 g/mol. The van der Waals surface area contributed by atoms with E-state index in [0.717, 1.165) is 4.90 Å². The second-order valence-corrected chi connectivity index (χ2v) is 10.1. The lowest BCUT2D eigenvalue weighted by molar-refractivity contribution is -0.961. The quantitative estimate of drug-likeness (QED) is 0.165. The number of aromatic hydroxyl groups is 1. The summed E-state index contributed by atoms with van der Waals surface area (Å²) in [6.45, 7) is 3.89. The lowest BCUT2D eigenvalue weighted by Crippen LogP contribution is -2.64. The molecule has 34 heavy (non-hydrogen) atoms. The number of ether oxygens (including phenoxy) is 1. The zero-order valence-electron chi connectivity index (χ0n) is 18.0. The molecule has 4 N–H and O–H groups in total. The average Bonchev–Trinajstić information content (AvgIpc) is 2.79. The van der Waals surface area contributed by atoms with Gasteiger partial charge < -0.3 is 15.6 Å². The molecule has 1 aliphatic heterocycles. The van der Waals surface area contributed by atoms with Crippen molar-refractivity contribution in [2.24, 2.45) is 10.7 Å². The van der Waals surface area contributed by atoms with E-state index in [2.05, 4.69) is 9.82 Å². The molecule has 0 saturated carbocycles. The molecule has 14 heteroatoms. The van der Waals surface area contributed by atoms with Gasteiger partial charge in [-0.15, -0.1) is 0 Å². The zero-order valence-corrected chi connectivity index (χ0v) is 21.1. The number of phenolic OH excluding ortho intramolecular Hbond substituents is 1. The van der Waals surface area contributed by atoms with Gasteiger partial charge in [-0.1, -0.05) is 45.7 Å². The monoisotopic (exact) mass is 547 g/mol. The topological polar surface area (TPSA) is 141 Å². The van der Waals surface area contributed by atoms with E-state index in [9.17, 15) is 18.8 Å². The zero-order chi connectivity index (χ0) is 25.1. The molecule has 3 rings (SSSR count). The highest BCUT2D eigenvalue weighted by atomic mass is 35.5. The van der Waals surface area contributed by atoms with Crippen LogP contribution in [-0.4, -0.2) is 56.9 Å². The van der Waals surface area contributed by atoms with Crippen molar-refractivity contribution in [2.75, 3.05) is 37.7 Å². The van der Waals surface area contributed by atoms with Gasteiger partial charge in [0.15, 0.2) is 11.9 Å².